The van der Waals surface area contributed by atoms with Crippen molar-refractivity contribution < 1.29 is 9.18 Å². The molecule has 0 atom stereocenters. The minimum absolute atomic E-state index is 0.181. The van der Waals surface area contributed by atoms with Gasteiger partial charge < -0.3 is 0 Å². The van der Waals surface area contributed by atoms with Crippen molar-refractivity contribution in [3.63, 3.8) is 0 Å². The van der Waals surface area contributed by atoms with E-state index in [1.165, 1.54) is 24.1 Å². The van der Waals surface area contributed by atoms with E-state index in [0.29, 0.717) is 0 Å². The number of ketones is 1. The topological polar surface area (TPSA) is 17.1 Å². The average molecular weight is 218 g/mol. The van der Waals surface area contributed by atoms with E-state index in [-0.39, 0.29) is 11.3 Å². The quantitative estimate of drug-likeness (QED) is 0.543. The van der Waals surface area contributed by atoms with Gasteiger partial charge in [0.2, 0.25) is 0 Å². The molecule has 1 aromatic rings. The molecule has 0 bridgehead atoms. The number of hydrogen-bond donors (Lipinski definition) is 0. The predicted molar refractivity (Wildman–Crippen MR) is 61.9 cm³/mol. The third kappa shape index (κ3) is 2.57. The van der Waals surface area contributed by atoms with E-state index in [9.17, 15) is 9.18 Å². The van der Waals surface area contributed by atoms with Crippen LogP contribution in [-0.4, -0.2) is 5.78 Å². The fourth-order valence-corrected chi connectivity index (χ4v) is 2.07. The molecule has 0 unspecified atom stereocenters. The van der Waals surface area contributed by atoms with Crippen LogP contribution in [0.1, 0.15) is 42.5 Å². The summed E-state index contributed by atoms with van der Waals surface area (Å²) >= 11 is 0. The number of carbonyl (C=O) groups is 1. The maximum Gasteiger partial charge on any atom is 0.188 e. The molecule has 1 aliphatic rings. The Morgan fingerprint density at radius 1 is 1.12 bits per heavy atom. The molecular formula is C14H15FO. The summed E-state index contributed by atoms with van der Waals surface area (Å²) in [5.74, 6) is -0.629. The first-order valence-corrected chi connectivity index (χ1v) is 5.75. The van der Waals surface area contributed by atoms with Crippen LogP contribution in [0.2, 0.25) is 0 Å². The van der Waals surface area contributed by atoms with Gasteiger partial charge in [0.25, 0.3) is 0 Å². The molecule has 1 aliphatic carbocycles. The van der Waals surface area contributed by atoms with E-state index in [1.807, 2.05) is 0 Å². The Kier molecular flexibility index (Phi) is 3.50. The summed E-state index contributed by atoms with van der Waals surface area (Å²) < 4.78 is 13.3. The first kappa shape index (κ1) is 11.1. The SMILES string of the molecule is O=C(C=C1CCCCC1)c1ccccc1F. The van der Waals surface area contributed by atoms with E-state index >= 15 is 0 Å². The molecule has 0 aliphatic heterocycles. The van der Waals surface area contributed by atoms with Gasteiger partial charge in [-0.15, -0.1) is 0 Å². The summed E-state index contributed by atoms with van der Waals surface area (Å²) in [4.78, 5) is 11.8. The molecule has 1 fully saturated rings. The Morgan fingerprint density at radius 3 is 2.50 bits per heavy atom. The van der Waals surface area contributed by atoms with Crippen LogP contribution >= 0.6 is 0 Å². The van der Waals surface area contributed by atoms with E-state index in [2.05, 4.69) is 0 Å². The molecule has 84 valence electrons. The molecule has 0 aromatic heterocycles. The second-order valence-corrected chi connectivity index (χ2v) is 4.21. The molecule has 0 radical (unpaired) electrons. The highest BCUT2D eigenvalue weighted by Crippen LogP contribution is 2.23. The molecule has 1 aromatic carbocycles. The summed E-state index contributed by atoms with van der Waals surface area (Å²) in [6.07, 6.45) is 7.13. The average Bonchev–Trinajstić information content (AvgIpc) is 2.31. The molecule has 0 spiro atoms. The van der Waals surface area contributed by atoms with Crippen LogP contribution < -0.4 is 0 Å². The molecule has 0 N–H and O–H groups in total. The molecule has 16 heavy (non-hydrogen) atoms. The van der Waals surface area contributed by atoms with Crippen molar-refractivity contribution >= 4 is 5.78 Å². The van der Waals surface area contributed by atoms with Gasteiger partial charge in [-0.05, 0) is 43.9 Å². The summed E-state index contributed by atoms with van der Waals surface area (Å²) in [6, 6.07) is 6.15. The van der Waals surface area contributed by atoms with Crippen molar-refractivity contribution in [1.82, 2.24) is 0 Å². The first-order valence-electron chi connectivity index (χ1n) is 5.75. The van der Waals surface area contributed by atoms with Crippen LogP contribution in [0.15, 0.2) is 35.9 Å². The van der Waals surface area contributed by atoms with Crippen LogP contribution in [0, 0.1) is 5.82 Å². The smallest absolute Gasteiger partial charge is 0.188 e. The minimum Gasteiger partial charge on any atom is -0.289 e. The predicted octanol–water partition coefficient (Wildman–Crippen LogP) is 3.90. The Labute approximate surface area is 95.0 Å². The molecule has 1 nitrogen and oxygen atoms in total. The number of benzene rings is 1. The van der Waals surface area contributed by atoms with Gasteiger partial charge >= 0.3 is 0 Å². The Bertz CT molecular complexity index is 412. The number of carbonyl (C=O) groups excluding carboxylic acids is 1. The number of rotatable bonds is 2. The van der Waals surface area contributed by atoms with Crippen LogP contribution in [0.4, 0.5) is 4.39 Å². The largest absolute Gasteiger partial charge is 0.289 e. The van der Waals surface area contributed by atoms with Crippen molar-refractivity contribution in [2.75, 3.05) is 0 Å². The Hall–Kier alpha value is -1.44. The van der Waals surface area contributed by atoms with Gasteiger partial charge in [-0.3, -0.25) is 4.79 Å². The third-order valence-electron chi connectivity index (χ3n) is 2.97. The van der Waals surface area contributed by atoms with Crippen LogP contribution in [-0.2, 0) is 0 Å². The van der Waals surface area contributed by atoms with E-state index in [0.717, 1.165) is 25.7 Å². The highest BCUT2D eigenvalue weighted by Gasteiger charge is 2.11. The van der Waals surface area contributed by atoms with Gasteiger partial charge in [0, 0.05) is 0 Å². The molecule has 2 heteroatoms. The summed E-state index contributed by atoms with van der Waals surface area (Å²) in [6.45, 7) is 0. The van der Waals surface area contributed by atoms with E-state index < -0.39 is 5.82 Å². The summed E-state index contributed by atoms with van der Waals surface area (Å²) in [7, 11) is 0. The maximum atomic E-state index is 13.3. The van der Waals surface area contributed by atoms with E-state index in [4.69, 9.17) is 0 Å². The van der Waals surface area contributed by atoms with Gasteiger partial charge in [0.15, 0.2) is 5.78 Å². The lowest BCUT2D eigenvalue weighted by Crippen LogP contribution is -2.02. The second-order valence-electron chi connectivity index (χ2n) is 4.21. The number of allylic oxidation sites excluding steroid dienone is 2. The van der Waals surface area contributed by atoms with Gasteiger partial charge in [-0.25, -0.2) is 4.39 Å². The van der Waals surface area contributed by atoms with Gasteiger partial charge in [0.1, 0.15) is 5.82 Å². The molecule has 0 heterocycles. The molecule has 0 amide bonds. The molecular weight excluding hydrogens is 203 g/mol. The lowest BCUT2D eigenvalue weighted by molar-refractivity contribution is 0.104. The van der Waals surface area contributed by atoms with Gasteiger partial charge in [0.05, 0.1) is 5.56 Å². The number of hydrogen-bond acceptors (Lipinski definition) is 1. The Morgan fingerprint density at radius 2 is 1.81 bits per heavy atom. The van der Waals surface area contributed by atoms with Gasteiger partial charge in [-0.1, -0.05) is 24.1 Å². The summed E-state index contributed by atoms with van der Waals surface area (Å²) in [5.41, 5.74) is 1.35. The fraction of sp³-hybridized carbons (Fsp3) is 0.357. The van der Waals surface area contributed by atoms with Crippen LogP contribution in [0.5, 0.6) is 0 Å². The Balaban J connectivity index is 2.16. The maximum absolute atomic E-state index is 13.3. The highest BCUT2D eigenvalue weighted by atomic mass is 19.1. The third-order valence-corrected chi connectivity index (χ3v) is 2.97. The summed E-state index contributed by atoms with van der Waals surface area (Å²) in [5, 5.41) is 0. The van der Waals surface area contributed by atoms with Crippen molar-refractivity contribution in [2.24, 2.45) is 0 Å². The van der Waals surface area contributed by atoms with Crippen molar-refractivity contribution in [2.45, 2.75) is 32.1 Å². The lowest BCUT2D eigenvalue weighted by Gasteiger charge is -2.12. The first-order chi connectivity index (χ1) is 7.77. The fourth-order valence-electron chi connectivity index (χ4n) is 2.07. The second kappa shape index (κ2) is 5.06. The molecule has 1 saturated carbocycles. The van der Waals surface area contributed by atoms with Crippen molar-refractivity contribution in [1.29, 1.82) is 0 Å². The van der Waals surface area contributed by atoms with Crippen LogP contribution in [0.25, 0.3) is 0 Å². The monoisotopic (exact) mass is 218 g/mol. The van der Waals surface area contributed by atoms with Crippen LogP contribution in [0.3, 0.4) is 0 Å². The van der Waals surface area contributed by atoms with Crippen molar-refractivity contribution in [3.05, 3.63) is 47.3 Å². The number of halogens is 1. The lowest BCUT2D eigenvalue weighted by atomic mass is 9.93. The molecule has 0 saturated heterocycles. The zero-order valence-electron chi connectivity index (χ0n) is 9.21. The van der Waals surface area contributed by atoms with Crippen molar-refractivity contribution in [3.8, 4) is 0 Å². The standard InChI is InChI=1S/C14H15FO/c15-13-9-5-4-8-12(13)14(16)10-11-6-2-1-3-7-11/h4-5,8-10H,1-3,6-7H2. The highest BCUT2D eigenvalue weighted by molar-refractivity contribution is 6.05. The minimum atomic E-state index is -0.430. The zero-order valence-corrected chi connectivity index (χ0v) is 9.21. The van der Waals surface area contributed by atoms with Gasteiger partial charge in [-0.2, -0.15) is 0 Å². The normalized spacial score (nSPS) is 15.9. The van der Waals surface area contributed by atoms with E-state index in [1.54, 1.807) is 18.2 Å². The molecule has 2 rings (SSSR count). The zero-order chi connectivity index (χ0) is 11.4.